The highest BCUT2D eigenvalue weighted by molar-refractivity contribution is 8.76. The third kappa shape index (κ3) is 2.97. The normalized spacial score (nSPS) is 10.2. The molecule has 0 saturated heterocycles. The van der Waals surface area contributed by atoms with Crippen LogP contribution in [0.5, 0.6) is 0 Å². The summed E-state index contributed by atoms with van der Waals surface area (Å²) in [6.45, 7) is 0. The zero-order chi connectivity index (χ0) is 11.4. The van der Waals surface area contributed by atoms with Crippen LogP contribution < -0.4 is 11.1 Å². The van der Waals surface area contributed by atoms with Crippen LogP contribution in [0.25, 0.3) is 0 Å². The van der Waals surface area contributed by atoms with Crippen molar-refractivity contribution in [1.29, 1.82) is 0 Å². The van der Waals surface area contributed by atoms with E-state index in [1.54, 1.807) is 0 Å². The van der Waals surface area contributed by atoms with Crippen LogP contribution >= 0.6 is 21.6 Å². The minimum absolute atomic E-state index is 0.215. The first-order valence-electron chi connectivity index (χ1n) is 4.19. The Morgan fingerprint density at radius 1 is 0.875 bits per heavy atom. The summed E-state index contributed by atoms with van der Waals surface area (Å²) >= 11 is 0. The summed E-state index contributed by atoms with van der Waals surface area (Å²) in [4.78, 5) is 34.9. The first-order chi connectivity index (χ1) is 7.74. The molecule has 16 heavy (non-hydrogen) atoms. The molecule has 0 aliphatic carbocycles. The quantitative estimate of drug-likeness (QED) is 0.617. The number of nitrogens with zero attached hydrogens (tertiary/aromatic N) is 2. The Labute approximate surface area is 97.3 Å². The maximum absolute atomic E-state index is 11.0. The van der Waals surface area contributed by atoms with Gasteiger partial charge < -0.3 is 9.97 Å². The molecule has 0 atom stereocenters. The lowest BCUT2D eigenvalue weighted by Gasteiger charge is -1.97. The Morgan fingerprint density at radius 3 is 1.69 bits per heavy atom. The van der Waals surface area contributed by atoms with Crippen molar-refractivity contribution in [1.82, 2.24) is 19.9 Å². The Kier molecular flexibility index (Phi) is 3.42. The fourth-order valence-electron chi connectivity index (χ4n) is 0.868. The summed E-state index contributed by atoms with van der Waals surface area (Å²) in [6.07, 6.45) is 2.84. The second kappa shape index (κ2) is 4.99. The molecular formula is C8H6N4O2S2. The monoisotopic (exact) mass is 254 g/mol. The standard InChI is InChI=1S/C8H6N4O2S2/c13-5-1-3-9-7(11-5)15-16-8-10-4-2-6(14)12-8/h1-4H,(H,9,11,13)(H,10,12,14). The van der Waals surface area contributed by atoms with Crippen molar-refractivity contribution in [3.05, 3.63) is 45.2 Å². The number of hydrogen-bond donors (Lipinski definition) is 2. The maximum Gasteiger partial charge on any atom is 0.251 e. The molecular weight excluding hydrogens is 248 g/mol. The first-order valence-corrected chi connectivity index (χ1v) is 6.34. The number of H-pyrrole nitrogens is 2. The molecule has 0 fully saturated rings. The molecule has 8 heteroatoms. The fourth-order valence-corrected chi connectivity index (χ4v) is 2.50. The van der Waals surface area contributed by atoms with E-state index in [4.69, 9.17) is 0 Å². The van der Waals surface area contributed by atoms with Crippen molar-refractivity contribution in [3.8, 4) is 0 Å². The second-order valence-electron chi connectivity index (χ2n) is 2.65. The van der Waals surface area contributed by atoms with Gasteiger partial charge in [-0.05, 0) is 21.6 Å². The predicted molar refractivity (Wildman–Crippen MR) is 61.4 cm³/mol. The molecule has 2 rings (SSSR count). The summed E-state index contributed by atoms with van der Waals surface area (Å²) in [5.41, 5.74) is -0.430. The highest BCUT2D eigenvalue weighted by atomic mass is 33.1. The molecule has 0 radical (unpaired) electrons. The highest BCUT2D eigenvalue weighted by Crippen LogP contribution is 2.31. The molecule has 0 spiro atoms. The molecule has 2 aromatic heterocycles. The van der Waals surface area contributed by atoms with Crippen LogP contribution in [0.2, 0.25) is 0 Å². The number of aromatic nitrogens is 4. The van der Waals surface area contributed by atoms with Gasteiger partial charge in [0.2, 0.25) is 0 Å². The Balaban J connectivity index is 2.08. The Bertz CT molecular complexity index is 541. The van der Waals surface area contributed by atoms with E-state index < -0.39 is 0 Å². The number of hydrogen-bond acceptors (Lipinski definition) is 6. The summed E-state index contributed by atoms with van der Waals surface area (Å²) in [5, 5.41) is 0.924. The van der Waals surface area contributed by atoms with Gasteiger partial charge >= 0.3 is 0 Å². The average molecular weight is 254 g/mol. The molecule has 2 N–H and O–H groups in total. The lowest BCUT2D eigenvalue weighted by atomic mass is 10.7. The van der Waals surface area contributed by atoms with E-state index in [2.05, 4.69) is 19.9 Å². The van der Waals surface area contributed by atoms with Crippen molar-refractivity contribution in [2.45, 2.75) is 10.3 Å². The number of aromatic amines is 2. The zero-order valence-corrected chi connectivity index (χ0v) is 9.47. The van der Waals surface area contributed by atoms with E-state index in [9.17, 15) is 9.59 Å². The molecule has 0 saturated carbocycles. The average Bonchev–Trinajstić information content (AvgIpc) is 2.27. The summed E-state index contributed by atoms with van der Waals surface area (Å²) < 4.78 is 0. The van der Waals surface area contributed by atoms with Gasteiger partial charge in [0.15, 0.2) is 10.3 Å². The van der Waals surface area contributed by atoms with Crippen molar-refractivity contribution in [2.75, 3.05) is 0 Å². The number of nitrogens with one attached hydrogen (secondary N) is 2. The third-order valence-corrected chi connectivity index (χ3v) is 3.51. The van der Waals surface area contributed by atoms with Gasteiger partial charge in [-0.1, -0.05) is 0 Å². The Hall–Kier alpha value is -1.54. The van der Waals surface area contributed by atoms with Crippen LogP contribution in [0.3, 0.4) is 0 Å². The van der Waals surface area contributed by atoms with Crippen LogP contribution in [0.4, 0.5) is 0 Å². The van der Waals surface area contributed by atoms with Gasteiger partial charge in [-0.25, -0.2) is 9.97 Å². The summed E-state index contributed by atoms with van der Waals surface area (Å²) in [6, 6.07) is 2.66. The van der Waals surface area contributed by atoms with Crippen LogP contribution in [-0.2, 0) is 0 Å². The van der Waals surface area contributed by atoms with Crippen LogP contribution in [0.1, 0.15) is 0 Å². The molecule has 0 aliphatic heterocycles. The zero-order valence-electron chi connectivity index (χ0n) is 7.84. The van der Waals surface area contributed by atoms with Crippen molar-refractivity contribution < 1.29 is 0 Å². The van der Waals surface area contributed by atoms with Gasteiger partial charge in [0.1, 0.15) is 0 Å². The van der Waals surface area contributed by atoms with E-state index in [1.807, 2.05) is 0 Å². The van der Waals surface area contributed by atoms with Gasteiger partial charge in [-0.2, -0.15) is 0 Å². The molecule has 0 aliphatic rings. The largest absolute Gasteiger partial charge is 0.301 e. The Morgan fingerprint density at radius 2 is 1.31 bits per heavy atom. The van der Waals surface area contributed by atoms with Gasteiger partial charge in [0, 0.05) is 24.5 Å². The molecule has 0 unspecified atom stereocenters. The van der Waals surface area contributed by atoms with Gasteiger partial charge in [0.25, 0.3) is 11.1 Å². The van der Waals surface area contributed by atoms with Crippen LogP contribution in [0.15, 0.2) is 44.4 Å². The maximum atomic E-state index is 11.0. The highest BCUT2D eigenvalue weighted by Gasteiger charge is 2.00. The smallest absolute Gasteiger partial charge is 0.251 e. The van der Waals surface area contributed by atoms with E-state index >= 15 is 0 Å². The molecule has 2 aromatic rings. The first kappa shape index (κ1) is 11.0. The molecule has 0 amide bonds. The number of rotatable bonds is 3. The SMILES string of the molecule is O=c1ccnc(SSc2nccc(=O)[nH]2)[nH]1. The molecule has 2 heterocycles. The van der Waals surface area contributed by atoms with Crippen LogP contribution in [0, 0.1) is 0 Å². The van der Waals surface area contributed by atoms with E-state index in [0.29, 0.717) is 10.3 Å². The van der Waals surface area contributed by atoms with E-state index in [-0.39, 0.29) is 11.1 Å². The molecule has 82 valence electrons. The van der Waals surface area contributed by atoms with Crippen LogP contribution in [-0.4, -0.2) is 19.9 Å². The lowest BCUT2D eigenvalue weighted by Crippen LogP contribution is -2.05. The topological polar surface area (TPSA) is 91.5 Å². The van der Waals surface area contributed by atoms with Crippen molar-refractivity contribution >= 4 is 21.6 Å². The minimum atomic E-state index is -0.215. The van der Waals surface area contributed by atoms with Gasteiger partial charge in [0.05, 0.1) is 0 Å². The minimum Gasteiger partial charge on any atom is -0.301 e. The van der Waals surface area contributed by atoms with Crippen molar-refractivity contribution in [2.24, 2.45) is 0 Å². The lowest BCUT2D eigenvalue weighted by molar-refractivity contribution is 0.936. The van der Waals surface area contributed by atoms with Gasteiger partial charge in [-0.15, -0.1) is 0 Å². The van der Waals surface area contributed by atoms with E-state index in [0.717, 1.165) is 0 Å². The fraction of sp³-hybridized carbons (Fsp3) is 0. The summed E-state index contributed by atoms with van der Waals surface area (Å²) in [7, 11) is 2.43. The second-order valence-corrected chi connectivity index (χ2v) is 4.75. The molecule has 0 aromatic carbocycles. The van der Waals surface area contributed by atoms with Gasteiger partial charge in [-0.3, -0.25) is 9.59 Å². The third-order valence-electron chi connectivity index (χ3n) is 1.50. The molecule has 6 nitrogen and oxygen atoms in total. The van der Waals surface area contributed by atoms with Crippen molar-refractivity contribution in [3.63, 3.8) is 0 Å². The predicted octanol–water partition coefficient (Wildman–Crippen LogP) is 0.653. The molecule has 0 bridgehead atoms. The summed E-state index contributed by atoms with van der Waals surface area (Å²) in [5.74, 6) is 0. The van der Waals surface area contributed by atoms with E-state index in [1.165, 1.54) is 46.1 Å².